The molecule has 1 unspecified atom stereocenters. The van der Waals surface area contributed by atoms with E-state index in [9.17, 15) is 19.2 Å². The molecule has 8 heteroatoms. The molecular formula is C14H15N3O5. The summed E-state index contributed by atoms with van der Waals surface area (Å²) in [5, 5.41) is 2.22. The van der Waals surface area contributed by atoms with Crippen molar-refractivity contribution in [2.45, 2.75) is 19.9 Å². The Morgan fingerprint density at radius 3 is 2.41 bits per heavy atom. The van der Waals surface area contributed by atoms with Gasteiger partial charge in [-0.1, -0.05) is 18.2 Å². The van der Waals surface area contributed by atoms with Crippen molar-refractivity contribution in [3.8, 4) is 5.69 Å². The maximum absolute atomic E-state index is 12.4. The van der Waals surface area contributed by atoms with Gasteiger partial charge >= 0.3 is 17.3 Å². The molecule has 0 spiro atoms. The molecule has 0 bridgehead atoms. The van der Waals surface area contributed by atoms with E-state index in [1.807, 2.05) is 0 Å². The van der Waals surface area contributed by atoms with Gasteiger partial charge < -0.3 is 4.74 Å². The molecule has 0 aliphatic carbocycles. The van der Waals surface area contributed by atoms with Crippen LogP contribution in [-0.2, 0) is 14.3 Å². The van der Waals surface area contributed by atoms with Crippen LogP contribution >= 0.6 is 0 Å². The summed E-state index contributed by atoms with van der Waals surface area (Å²) in [7, 11) is 0. The molecule has 0 aliphatic rings. The highest BCUT2D eigenvalue weighted by molar-refractivity contribution is 5.99. The van der Waals surface area contributed by atoms with E-state index in [0.717, 1.165) is 11.5 Å². The quantitative estimate of drug-likeness (QED) is 0.619. The fourth-order valence-electron chi connectivity index (χ4n) is 2.05. The molecule has 1 N–H and O–H groups in total. The molecule has 116 valence electrons. The summed E-state index contributed by atoms with van der Waals surface area (Å²) in [6.45, 7) is 2.78. The highest BCUT2D eigenvalue weighted by Crippen LogP contribution is 2.07. The molecule has 0 aliphatic heterocycles. The SMILES string of the molecule is CCOC(=O)C(C(C)=O)n1[nH]c(=O)n(-c2ccccc2)c1=O. The smallest absolute Gasteiger partial charge is 0.352 e. The first-order valence-corrected chi connectivity index (χ1v) is 6.63. The number of nitrogens with one attached hydrogen (secondary N) is 1. The van der Waals surface area contributed by atoms with Gasteiger partial charge in [-0.25, -0.2) is 28.7 Å². The Morgan fingerprint density at radius 2 is 1.86 bits per heavy atom. The lowest BCUT2D eigenvalue weighted by Crippen LogP contribution is -2.36. The minimum Gasteiger partial charge on any atom is -0.464 e. The number of Topliss-reactive ketones (excluding diaryl/α,β-unsaturated/α-hetero) is 1. The number of nitrogens with zero attached hydrogens (tertiary/aromatic N) is 2. The second kappa shape index (κ2) is 6.25. The zero-order chi connectivity index (χ0) is 16.3. The van der Waals surface area contributed by atoms with E-state index in [1.165, 1.54) is 0 Å². The third-order valence-electron chi connectivity index (χ3n) is 2.98. The van der Waals surface area contributed by atoms with Crippen LogP contribution in [0.1, 0.15) is 19.9 Å². The Bertz CT molecular complexity index is 800. The first-order valence-electron chi connectivity index (χ1n) is 6.63. The Labute approximate surface area is 124 Å². The van der Waals surface area contributed by atoms with Gasteiger partial charge in [0.15, 0.2) is 5.78 Å². The number of H-pyrrole nitrogens is 1. The largest absolute Gasteiger partial charge is 0.464 e. The predicted molar refractivity (Wildman–Crippen MR) is 77.0 cm³/mol. The molecule has 2 aromatic rings. The van der Waals surface area contributed by atoms with E-state index in [0.29, 0.717) is 10.4 Å². The van der Waals surface area contributed by atoms with Crippen LogP contribution in [0.15, 0.2) is 39.9 Å². The minimum atomic E-state index is -1.51. The lowest BCUT2D eigenvalue weighted by molar-refractivity contribution is -0.150. The van der Waals surface area contributed by atoms with E-state index < -0.39 is 29.2 Å². The number of ketones is 1. The lowest BCUT2D eigenvalue weighted by Gasteiger charge is -2.12. The van der Waals surface area contributed by atoms with E-state index in [2.05, 4.69) is 5.10 Å². The van der Waals surface area contributed by atoms with Crippen molar-refractivity contribution in [3.05, 3.63) is 51.3 Å². The zero-order valence-corrected chi connectivity index (χ0v) is 12.1. The molecule has 1 atom stereocenters. The number of rotatable bonds is 5. The van der Waals surface area contributed by atoms with Crippen LogP contribution in [0.3, 0.4) is 0 Å². The third kappa shape index (κ3) is 2.76. The first kappa shape index (κ1) is 15.5. The van der Waals surface area contributed by atoms with Crippen molar-refractivity contribution in [2.75, 3.05) is 6.61 Å². The average Bonchev–Trinajstić information content (AvgIpc) is 2.75. The molecule has 0 radical (unpaired) electrons. The Kier molecular flexibility index (Phi) is 4.40. The van der Waals surface area contributed by atoms with Crippen LogP contribution in [0.4, 0.5) is 0 Å². The topological polar surface area (TPSA) is 103 Å². The van der Waals surface area contributed by atoms with Gasteiger partial charge in [0.05, 0.1) is 12.3 Å². The van der Waals surface area contributed by atoms with E-state index in [4.69, 9.17) is 4.74 Å². The van der Waals surface area contributed by atoms with Gasteiger partial charge in [0, 0.05) is 0 Å². The number of aromatic amines is 1. The summed E-state index contributed by atoms with van der Waals surface area (Å²) in [4.78, 5) is 47.9. The van der Waals surface area contributed by atoms with Gasteiger partial charge in [-0.2, -0.15) is 0 Å². The minimum absolute atomic E-state index is 0.0565. The number of esters is 1. The second-order valence-electron chi connectivity index (χ2n) is 4.51. The van der Waals surface area contributed by atoms with Crippen molar-refractivity contribution in [3.63, 3.8) is 0 Å². The number of para-hydroxylation sites is 1. The zero-order valence-electron chi connectivity index (χ0n) is 12.1. The summed E-state index contributed by atoms with van der Waals surface area (Å²) in [5.74, 6) is -1.50. The number of carbonyl (C=O) groups excluding carboxylic acids is 2. The number of benzene rings is 1. The normalized spacial score (nSPS) is 11.9. The molecular weight excluding hydrogens is 290 g/mol. The fraction of sp³-hybridized carbons (Fsp3) is 0.286. The maximum Gasteiger partial charge on any atom is 0.352 e. The number of aromatic nitrogens is 3. The van der Waals surface area contributed by atoms with Crippen molar-refractivity contribution in [1.29, 1.82) is 0 Å². The Hall–Kier alpha value is -2.90. The number of hydrogen-bond donors (Lipinski definition) is 1. The van der Waals surface area contributed by atoms with Crippen LogP contribution in [-0.4, -0.2) is 32.7 Å². The predicted octanol–water partition coefficient (Wildman–Crippen LogP) is 0.0205. The molecule has 0 saturated heterocycles. The van der Waals surface area contributed by atoms with E-state index >= 15 is 0 Å². The van der Waals surface area contributed by atoms with Gasteiger partial charge in [0.25, 0.3) is 0 Å². The highest BCUT2D eigenvalue weighted by atomic mass is 16.5. The molecule has 0 amide bonds. The van der Waals surface area contributed by atoms with E-state index in [-0.39, 0.29) is 6.61 Å². The Balaban J connectivity index is 2.58. The van der Waals surface area contributed by atoms with Crippen molar-refractivity contribution < 1.29 is 14.3 Å². The second-order valence-corrected chi connectivity index (χ2v) is 4.51. The van der Waals surface area contributed by atoms with Gasteiger partial charge in [0.2, 0.25) is 6.04 Å². The van der Waals surface area contributed by atoms with Crippen molar-refractivity contribution >= 4 is 11.8 Å². The molecule has 22 heavy (non-hydrogen) atoms. The molecule has 1 aromatic carbocycles. The van der Waals surface area contributed by atoms with Crippen LogP contribution in [0.2, 0.25) is 0 Å². The van der Waals surface area contributed by atoms with Gasteiger partial charge in [0.1, 0.15) is 0 Å². The third-order valence-corrected chi connectivity index (χ3v) is 2.98. The number of carbonyl (C=O) groups is 2. The summed E-state index contributed by atoms with van der Waals surface area (Å²) in [6.07, 6.45) is 0. The van der Waals surface area contributed by atoms with Crippen LogP contribution < -0.4 is 11.4 Å². The maximum atomic E-state index is 12.4. The molecule has 1 aromatic heterocycles. The molecule has 0 saturated carbocycles. The number of hydrogen-bond acceptors (Lipinski definition) is 5. The van der Waals surface area contributed by atoms with E-state index in [1.54, 1.807) is 37.3 Å². The molecule has 1 heterocycles. The Morgan fingerprint density at radius 1 is 1.23 bits per heavy atom. The summed E-state index contributed by atoms with van der Waals surface area (Å²) < 4.78 is 6.31. The molecule has 2 rings (SSSR count). The first-order chi connectivity index (χ1) is 10.5. The summed E-state index contributed by atoms with van der Waals surface area (Å²) >= 11 is 0. The number of ether oxygens (including phenoxy) is 1. The van der Waals surface area contributed by atoms with Crippen molar-refractivity contribution in [2.24, 2.45) is 0 Å². The fourth-order valence-corrected chi connectivity index (χ4v) is 2.05. The summed E-state index contributed by atoms with van der Waals surface area (Å²) in [5.41, 5.74) is -1.23. The van der Waals surface area contributed by atoms with Gasteiger partial charge in [-0.15, -0.1) is 0 Å². The average molecular weight is 305 g/mol. The van der Waals surface area contributed by atoms with Gasteiger partial charge in [-0.05, 0) is 26.0 Å². The summed E-state index contributed by atoms with van der Waals surface area (Å²) in [6, 6.07) is 6.67. The monoisotopic (exact) mass is 305 g/mol. The molecule has 0 fully saturated rings. The van der Waals surface area contributed by atoms with Crippen LogP contribution in [0, 0.1) is 0 Å². The standard InChI is InChI=1S/C14H15N3O5/c1-3-22-12(19)11(9(2)18)17-14(21)16(13(20)15-17)10-7-5-4-6-8-10/h4-8,11H,3H2,1-2H3,(H,15,20). The van der Waals surface area contributed by atoms with Crippen LogP contribution in [0.25, 0.3) is 5.69 Å². The van der Waals surface area contributed by atoms with Crippen LogP contribution in [0.5, 0.6) is 0 Å². The molecule has 8 nitrogen and oxygen atoms in total. The highest BCUT2D eigenvalue weighted by Gasteiger charge is 2.30. The van der Waals surface area contributed by atoms with Gasteiger partial charge in [-0.3, -0.25) is 4.79 Å². The lowest BCUT2D eigenvalue weighted by atomic mass is 10.2. The van der Waals surface area contributed by atoms with Crippen molar-refractivity contribution in [1.82, 2.24) is 14.3 Å².